The van der Waals surface area contributed by atoms with Gasteiger partial charge in [0.15, 0.2) is 0 Å². The van der Waals surface area contributed by atoms with Gasteiger partial charge in [0, 0.05) is 21.7 Å². The van der Waals surface area contributed by atoms with E-state index >= 15 is 0 Å². The lowest BCUT2D eigenvalue weighted by atomic mass is 9.87. The molecule has 1 aliphatic heterocycles. The van der Waals surface area contributed by atoms with Gasteiger partial charge in [-0.25, -0.2) is 8.78 Å². The summed E-state index contributed by atoms with van der Waals surface area (Å²) in [6.07, 6.45) is 4.13. The minimum absolute atomic E-state index is 0.190. The molecule has 36 heavy (non-hydrogen) atoms. The Hall–Kier alpha value is -2.83. The monoisotopic (exact) mass is 506 g/mol. The molecule has 5 rings (SSSR count). The highest BCUT2D eigenvalue weighted by Gasteiger charge is 2.27. The van der Waals surface area contributed by atoms with Crippen LogP contribution in [0.25, 0.3) is 16.6 Å². The molecule has 0 bridgehead atoms. The molecule has 0 spiro atoms. The van der Waals surface area contributed by atoms with Crippen molar-refractivity contribution in [1.82, 2.24) is 9.47 Å². The number of rotatable bonds is 8. The molecule has 6 heteroatoms. The maximum Gasteiger partial charge on any atom is 0.125 e. The SMILES string of the molecule is CCc1c(C2CCN(CCCSc3ccc(F)cc3)CC2)c2ccc(F)cc2n1-c1ccc(O)cc1. The molecule has 3 aromatic carbocycles. The number of hydrogen-bond acceptors (Lipinski definition) is 3. The number of phenolic OH excluding ortho intramolecular Hbond substituents is 1. The molecule has 1 aliphatic rings. The van der Waals surface area contributed by atoms with Crippen LogP contribution in [0.4, 0.5) is 8.78 Å². The second-order valence-corrected chi connectivity index (χ2v) is 10.7. The zero-order valence-corrected chi connectivity index (χ0v) is 21.4. The Morgan fingerprint density at radius 2 is 1.61 bits per heavy atom. The zero-order valence-electron chi connectivity index (χ0n) is 20.6. The fourth-order valence-corrected chi connectivity index (χ4v) is 6.33. The summed E-state index contributed by atoms with van der Waals surface area (Å²) in [5.41, 5.74) is 4.43. The van der Waals surface area contributed by atoms with Gasteiger partial charge >= 0.3 is 0 Å². The van der Waals surface area contributed by atoms with Gasteiger partial charge in [0.2, 0.25) is 0 Å². The number of benzene rings is 3. The van der Waals surface area contributed by atoms with Crippen LogP contribution in [0.3, 0.4) is 0 Å². The van der Waals surface area contributed by atoms with Gasteiger partial charge in [0.25, 0.3) is 0 Å². The van der Waals surface area contributed by atoms with Crippen LogP contribution < -0.4 is 0 Å². The summed E-state index contributed by atoms with van der Waals surface area (Å²) in [5, 5.41) is 10.9. The molecule has 3 nitrogen and oxygen atoms in total. The second kappa shape index (κ2) is 11.1. The topological polar surface area (TPSA) is 28.4 Å². The van der Waals surface area contributed by atoms with Crippen molar-refractivity contribution in [2.75, 3.05) is 25.4 Å². The molecule has 0 amide bonds. The van der Waals surface area contributed by atoms with Crippen molar-refractivity contribution in [2.45, 2.75) is 43.4 Å². The van der Waals surface area contributed by atoms with Gasteiger partial charge in [0.05, 0.1) is 5.52 Å². The minimum atomic E-state index is -0.234. The largest absolute Gasteiger partial charge is 0.508 e. The van der Waals surface area contributed by atoms with Crippen LogP contribution in [-0.4, -0.2) is 40.0 Å². The van der Waals surface area contributed by atoms with E-state index in [1.54, 1.807) is 36.0 Å². The Labute approximate surface area is 215 Å². The van der Waals surface area contributed by atoms with Crippen molar-refractivity contribution in [2.24, 2.45) is 0 Å². The third-order valence-electron chi connectivity index (χ3n) is 7.21. The molecule has 1 saturated heterocycles. The summed E-state index contributed by atoms with van der Waals surface area (Å²) >= 11 is 1.78. The number of nitrogens with zero attached hydrogens (tertiary/aromatic N) is 2. The summed E-state index contributed by atoms with van der Waals surface area (Å²) in [6.45, 7) is 5.35. The lowest BCUT2D eigenvalue weighted by Crippen LogP contribution is -2.34. The predicted molar refractivity (Wildman–Crippen MR) is 144 cm³/mol. The number of aromatic hydroxyl groups is 1. The van der Waals surface area contributed by atoms with Crippen molar-refractivity contribution in [3.8, 4) is 11.4 Å². The minimum Gasteiger partial charge on any atom is -0.508 e. The number of phenols is 1. The van der Waals surface area contributed by atoms with Crippen LogP contribution in [0.5, 0.6) is 5.75 Å². The molecule has 1 fully saturated rings. The van der Waals surface area contributed by atoms with E-state index in [0.29, 0.717) is 5.92 Å². The molecule has 0 unspecified atom stereocenters. The summed E-state index contributed by atoms with van der Waals surface area (Å²) in [5.74, 6) is 1.27. The fourth-order valence-electron chi connectivity index (χ4n) is 5.49. The molecule has 188 valence electrons. The van der Waals surface area contributed by atoms with Crippen LogP contribution in [0.2, 0.25) is 0 Å². The number of halogens is 2. The van der Waals surface area contributed by atoms with Gasteiger partial charge in [-0.15, -0.1) is 11.8 Å². The highest BCUT2D eigenvalue weighted by molar-refractivity contribution is 7.99. The molecule has 0 radical (unpaired) electrons. The van der Waals surface area contributed by atoms with Crippen LogP contribution in [0.15, 0.2) is 71.6 Å². The van der Waals surface area contributed by atoms with E-state index < -0.39 is 0 Å². The number of hydrogen-bond donors (Lipinski definition) is 1. The Balaban J connectivity index is 1.29. The molecule has 1 N–H and O–H groups in total. The van der Waals surface area contributed by atoms with Crippen molar-refractivity contribution < 1.29 is 13.9 Å². The average molecular weight is 507 g/mol. The quantitative estimate of drug-likeness (QED) is 0.198. The lowest BCUT2D eigenvalue weighted by molar-refractivity contribution is 0.213. The Morgan fingerprint density at radius 1 is 0.917 bits per heavy atom. The zero-order chi connectivity index (χ0) is 25.1. The van der Waals surface area contributed by atoms with Crippen molar-refractivity contribution in [1.29, 1.82) is 0 Å². The first-order chi connectivity index (χ1) is 17.5. The van der Waals surface area contributed by atoms with Gasteiger partial charge in [-0.2, -0.15) is 0 Å². The highest BCUT2D eigenvalue weighted by Crippen LogP contribution is 2.40. The van der Waals surface area contributed by atoms with E-state index in [9.17, 15) is 13.9 Å². The molecule has 2 heterocycles. The number of piperidine rings is 1. The van der Waals surface area contributed by atoms with E-state index in [1.165, 1.54) is 23.4 Å². The maximum atomic E-state index is 14.3. The number of fused-ring (bicyclic) bond motifs is 1. The highest BCUT2D eigenvalue weighted by atomic mass is 32.2. The smallest absolute Gasteiger partial charge is 0.125 e. The number of aromatic nitrogens is 1. The molecule has 4 aromatic rings. The van der Waals surface area contributed by atoms with Crippen LogP contribution in [0, 0.1) is 11.6 Å². The summed E-state index contributed by atoms with van der Waals surface area (Å²) in [7, 11) is 0. The summed E-state index contributed by atoms with van der Waals surface area (Å²) in [4.78, 5) is 3.66. The van der Waals surface area contributed by atoms with Crippen molar-refractivity contribution >= 4 is 22.7 Å². The molecule has 0 atom stereocenters. The predicted octanol–water partition coefficient (Wildman–Crippen LogP) is 7.54. The standard InChI is InChI=1S/C30H32F2N2OS/c1-2-28-30(27-13-6-23(32)20-29(27)34(28)24-7-9-25(35)10-8-24)21-14-17-33(18-15-21)16-3-19-36-26-11-4-22(31)5-12-26/h4-13,20-21,35H,2-3,14-19H2,1H3. The Morgan fingerprint density at radius 3 is 2.31 bits per heavy atom. The Bertz CT molecular complexity index is 1310. The van der Waals surface area contributed by atoms with Gasteiger partial charge in [0.1, 0.15) is 17.4 Å². The fraction of sp³-hybridized carbons (Fsp3) is 0.333. The first-order valence-electron chi connectivity index (χ1n) is 12.8. The molecule has 1 aromatic heterocycles. The number of thioether (sulfide) groups is 1. The van der Waals surface area contributed by atoms with E-state index in [1.807, 2.05) is 30.3 Å². The Kier molecular flexibility index (Phi) is 7.63. The van der Waals surface area contributed by atoms with Gasteiger partial charge < -0.3 is 14.6 Å². The lowest BCUT2D eigenvalue weighted by Gasteiger charge is -2.32. The summed E-state index contributed by atoms with van der Waals surface area (Å²) < 4.78 is 29.6. The van der Waals surface area contributed by atoms with Gasteiger partial charge in [-0.05, 0) is 129 Å². The molecule has 0 saturated carbocycles. The van der Waals surface area contributed by atoms with E-state index in [0.717, 1.165) is 72.6 Å². The van der Waals surface area contributed by atoms with Crippen LogP contribution in [-0.2, 0) is 6.42 Å². The molecular weight excluding hydrogens is 474 g/mol. The average Bonchev–Trinajstić information content (AvgIpc) is 3.22. The first kappa shape index (κ1) is 24.8. The van der Waals surface area contributed by atoms with Gasteiger partial charge in [-0.1, -0.05) is 6.92 Å². The van der Waals surface area contributed by atoms with E-state index in [2.05, 4.69) is 16.4 Å². The number of likely N-dealkylation sites (tertiary alicyclic amines) is 1. The molecule has 0 aliphatic carbocycles. The van der Waals surface area contributed by atoms with Gasteiger partial charge in [-0.3, -0.25) is 0 Å². The normalized spacial score (nSPS) is 15.1. The van der Waals surface area contributed by atoms with Crippen LogP contribution >= 0.6 is 11.8 Å². The van der Waals surface area contributed by atoms with Crippen LogP contribution in [0.1, 0.15) is 43.4 Å². The summed E-state index contributed by atoms with van der Waals surface area (Å²) in [6, 6.07) is 19.0. The third kappa shape index (κ3) is 5.30. The van der Waals surface area contributed by atoms with E-state index in [4.69, 9.17) is 0 Å². The van der Waals surface area contributed by atoms with Crippen molar-refractivity contribution in [3.05, 3.63) is 89.6 Å². The second-order valence-electron chi connectivity index (χ2n) is 9.50. The third-order valence-corrected chi connectivity index (χ3v) is 8.31. The maximum absolute atomic E-state index is 14.3. The molecular formula is C30H32F2N2OS. The first-order valence-corrected chi connectivity index (χ1v) is 13.7. The van der Waals surface area contributed by atoms with Crippen molar-refractivity contribution in [3.63, 3.8) is 0 Å². The van der Waals surface area contributed by atoms with E-state index in [-0.39, 0.29) is 17.4 Å².